The monoisotopic (exact) mass is 277 g/mol. The van der Waals surface area contributed by atoms with Gasteiger partial charge in [-0.1, -0.05) is 11.6 Å². The second-order valence-electron chi connectivity index (χ2n) is 4.32. The third kappa shape index (κ3) is 2.85. The van der Waals surface area contributed by atoms with Crippen LogP contribution in [0.15, 0.2) is 30.5 Å². The van der Waals surface area contributed by atoms with Crippen LogP contribution in [0.25, 0.3) is 10.9 Å². The van der Waals surface area contributed by atoms with Crippen molar-refractivity contribution in [2.24, 2.45) is 0 Å². The van der Waals surface area contributed by atoms with Crippen molar-refractivity contribution in [3.63, 3.8) is 0 Å². The topological polar surface area (TPSA) is 45.2 Å². The fraction of sp³-hybridized carbons (Fsp3) is 0.286. The van der Waals surface area contributed by atoms with E-state index in [2.05, 4.69) is 10.3 Å². The zero-order valence-corrected chi connectivity index (χ0v) is 11.7. The fourth-order valence-corrected chi connectivity index (χ4v) is 2.11. The highest BCUT2D eigenvalue weighted by molar-refractivity contribution is 6.35. The lowest BCUT2D eigenvalue weighted by molar-refractivity contribution is 0.0798. The number of aromatic nitrogens is 1. The molecule has 5 heteroatoms. The molecule has 2 rings (SSSR count). The first-order chi connectivity index (χ1) is 9.15. The van der Waals surface area contributed by atoms with Gasteiger partial charge in [0.05, 0.1) is 16.1 Å². The Hall–Kier alpha value is -1.65. The Morgan fingerprint density at radius 3 is 2.95 bits per heavy atom. The summed E-state index contributed by atoms with van der Waals surface area (Å²) in [6, 6.07) is 7.16. The molecule has 4 nitrogen and oxygen atoms in total. The van der Waals surface area contributed by atoms with Crippen LogP contribution in [-0.4, -0.2) is 43.0 Å². The maximum Gasteiger partial charge on any atom is 0.255 e. The van der Waals surface area contributed by atoms with Gasteiger partial charge in [-0.15, -0.1) is 0 Å². The maximum atomic E-state index is 12.4. The Labute approximate surface area is 117 Å². The lowest BCUT2D eigenvalue weighted by Gasteiger charge is -2.17. The molecule has 0 saturated heterocycles. The lowest BCUT2D eigenvalue weighted by Crippen LogP contribution is -2.32. The van der Waals surface area contributed by atoms with Crippen LogP contribution in [-0.2, 0) is 0 Å². The number of halogens is 1. The zero-order chi connectivity index (χ0) is 13.8. The minimum absolute atomic E-state index is 0.0457. The number of hydrogen-bond acceptors (Lipinski definition) is 3. The number of amides is 1. The summed E-state index contributed by atoms with van der Waals surface area (Å²) >= 11 is 6.12. The molecule has 1 aromatic heterocycles. The van der Waals surface area contributed by atoms with E-state index in [1.807, 2.05) is 19.2 Å². The van der Waals surface area contributed by atoms with Gasteiger partial charge in [-0.2, -0.15) is 0 Å². The van der Waals surface area contributed by atoms with E-state index in [4.69, 9.17) is 11.6 Å². The number of fused-ring (bicyclic) bond motifs is 1. The molecule has 0 fully saturated rings. The highest BCUT2D eigenvalue weighted by atomic mass is 35.5. The van der Waals surface area contributed by atoms with Gasteiger partial charge in [0.15, 0.2) is 0 Å². The molecule has 19 heavy (non-hydrogen) atoms. The van der Waals surface area contributed by atoms with Crippen LogP contribution in [0.3, 0.4) is 0 Å². The van der Waals surface area contributed by atoms with E-state index in [1.165, 1.54) is 0 Å². The predicted molar refractivity (Wildman–Crippen MR) is 77.6 cm³/mol. The number of carbonyl (C=O) groups is 1. The van der Waals surface area contributed by atoms with Crippen LogP contribution in [0.4, 0.5) is 0 Å². The van der Waals surface area contributed by atoms with Gasteiger partial charge in [0.25, 0.3) is 5.91 Å². The highest BCUT2D eigenvalue weighted by Crippen LogP contribution is 2.25. The summed E-state index contributed by atoms with van der Waals surface area (Å²) in [5.41, 5.74) is 1.23. The van der Waals surface area contributed by atoms with Crippen LogP contribution >= 0.6 is 11.6 Å². The van der Waals surface area contributed by atoms with Gasteiger partial charge < -0.3 is 10.2 Å². The molecule has 1 N–H and O–H groups in total. The second-order valence-corrected chi connectivity index (χ2v) is 4.73. The summed E-state index contributed by atoms with van der Waals surface area (Å²) in [5.74, 6) is -0.0457. The van der Waals surface area contributed by atoms with Gasteiger partial charge >= 0.3 is 0 Å². The van der Waals surface area contributed by atoms with Gasteiger partial charge in [0.2, 0.25) is 0 Å². The van der Waals surface area contributed by atoms with E-state index in [1.54, 1.807) is 30.3 Å². The number of carbonyl (C=O) groups excluding carboxylic acids is 1. The van der Waals surface area contributed by atoms with E-state index >= 15 is 0 Å². The van der Waals surface area contributed by atoms with Crippen LogP contribution in [0.5, 0.6) is 0 Å². The Morgan fingerprint density at radius 1 is 1.42 bits per heavy atom. The van der Waals surface area contributed by atoms with Crippen LogP contribution < -0.4 is 5.32 Å². The first-order valence-corrected chi connectivity index (χ1v) is 6.46. The van der Waals surface area contributed by atoms with Crippen molar-refractivity contribution in [1.29, 1.82) is 0 Å². The molecule has 0 bridgehead atoms. The Kier molecular flexibility index (Phi) is 4.35. The summed E-state index contributed by atoms with van der Waals surface area (Å²) in [4.78, 5) is 18.3. The molecular formula is C14H16ClN3O. The molecule has 100 valence electrons. The molecule has 1 aromatic carbocycles. The SMILES string of the molecule is CNCCN(C)C(=O)c1ccc(Cl)c2cccnc12. The van der Waals surface area contributed by atoms with E-state index in [-0.39, 0.29) is 5.91 Å². The van der Waals surface area contributed by atoms with E-state index < -0.39 is 0 Å². The van der Waals surface area contributed by atoms with E-state index in [0.29, 0.717) is 22.6 Å². The normalized spacial score (nSPS) is 10.7. The first kappa shape index (κ1) is 13.8. The molecule has 1 amide bonds. The molecule has 1 heterocycles. The van der Waals surface area contributed by atoms with Gasteiger partial charge in [-0.25, -0.2) is 0 Å². The molecular weight excluding hydrogens is 262 g/mol. The number of hydrogen-bond donors (Lipinski definition) is 1. The van der Waals surface area contributed by atoms with Crippen molar-refractivity contribution in [2.45, 2.75) is 0 Å². The van der Waals surface area contributed by atoms with Gasteiger partial charge in [-0.05, 0) is 31.3 Å². The van der Waals surface area contributed by atoms with Crippen molar-refractivity contribution in [3.8, 4) is 0 Å². The predicted octanol–water partition coefficient (Wildman–Crippen LogP) is 2.18. The van der Waals surface area contributed by atoms with Crippen molar-refractivity contribution in [3.05, 3.63) is 41.0 Å². The third-order valence-electron chi connectivity index (χ3n) is 2.99. The average Bonchev–Trinajstić information content (AvgIpc) is 2.45. The van der Waals surface area contributed by atoms with Crippen LogP contribution in [0.2, 0.25) is 5.02 Å². The third-order valence-corrected chi connectivity index (χ3v) is 3.32. The molecule has 2 aromatic rings. The zero-order valence-electron chi connectivity index (χ0n) is 11.0. The number of likely N-dealkylation sites (N-methyl/N-ethyl adjacent to an activating group) is 2. The van der Waals surface area contributed by atoms with Crippen LogP contribution in [0, 0.1) is 0 Å². The van der Waals surface area contributed by atoms with Gasteiger partial charge in [-0.3, -0.25) is 9.78 Å². The molecule has 0 atom stereocenters. The Bertz CT molecular complexity index is 600. The number of rotatable bonds is 4. The largest absolute Gasteiger partial charge is 0.340 e. The molecule has 0 spiro atoms. The minimum atomic E-state index is -0.0457. The van der Waals surface area contributed by atoms with Crippen molar-refractivity contribution in [2.75, 3.05) is 27.2 Å². The van der Waals surface area contributed by atoms with Crippen LogP contribution in [0.1, 0.15) is 10.4 Å². The van der Waals surface area contributed by atoms with Gasteiger partial charge in [0.1, 0.15) is 0 Å². The second kappa shape index (κ2) is 5.99. The number of nitrogens with zero attached hydrogens (tertiary/aromatic N) is 2. The summed E-state index contributed by atoms with van der Waals surface area (Å²) in [7, 11) is 3.64. The van der Waals surface area contributed by atoms with Gasteiger partial charge in [0, 0.05) is 31.7 Å². The summed E-state index contributed by atoms with van der Waals surface area (Å²) in [6.07, 6.45) is 1.67. The quantitative estimate of drug-likeness (QED) is 0.932. The average molecular weight is 278 g/mol. The molecule has 0 saturated carbocycles. The standard InChI is InChI=1S/C14H16ClN3O/c1-16-8-9-18(2)14(19)11-5-6-12(15)10-4-3-7-17-13(10)11/h3-7,16H,8-9H2,1-2H3. The highest BCUT2D eigenvalue weighted by Gasteiger charge is 2.16. The lowest BCUT2D eigenvalue weighted by atomic mass is 10.1. The molecule has 0 radical (unpaired) electrons. The Balaban J connectivity index is 2.40. The number of pyridine rings is 1. The summed E-state index contributed by atoms with van der Waals surface area (Å²) in [5, 5.41) is 4.43. The molecule has 0 aliphatic rings. The minimum Gasteiger partial charge on any atom is -0.340 e. The van der Waals surface area contributed by atoms with E-state index in [9.17, 15) is 4.79 Å². The smallest absolute Gasteiger partial charge is 0.255 e. The summed E-state index contributed by atoms with van der Waals surface area (Å²) in [6.45, 7) is 1.40. The Morgan fingerprint density at radius 2 is 2.21 bits per heavy atom. The number of benzene rings is 1. The molecule has 0 aliphatic carbocycles. The maximum absolute atomic E-state index is 12.4. The van der Waals surface area contributed by atoms with Crippen molar-refractivity contribution >= 4 is 28.4 Å². The number of nitrogens with one attached hydrogen (secondary N) is 1. The summed E-state index contributed by atoms with van der Waals surface area (Å²) < 4.78 is 0. The fourth-order valence-electron chi connectivity index (χ4n) is 1.90. The van der Waals surface area contributed by atoms with Crippen molar-refractivity contribution in [1.82, 2.24) is 15.2 Å². The van der Waals surface area contributed by atoms with E-state index in [0.717, 1.165) is 11.9 Å². The molecule has 0 aliphatic heterocycles. The van der Waals surface area contributed by atoms with Crippen molar-refractivity contribution < 1.29 is 4.79 Å². The molecule has 0 unspecified atom stereocenters. The first-order valence-electron chi connectivity index (χ1n) is 6.08.